The largest absolute Gasteiger partial charge is 0.443 e. The van der Waals surface area contributed by atoms with Gasteiger partial charge in [0.1, 0.15) is 5.60 Å². The van der Waals surface area contributed by atoms with Crippen LogP contribution in [0.25, 0.3) is 11.1 Å². The lowest BCUT2D eigenvalue weighted by molar-refractivity contribution is -0.128. The van der Waals surface area contributed by atoms with Gasteiger partial charge in [0.25, 0.3) is 0 Å². The topological polar surface area (TPSA) is 46.6 Å². The number of hydrogen-bond donors (Lipinski definition) is 0. The van der Waals surface area contributed by atoms with Crippen molar-refractivity contribution in [3.63, 3.8) is 0 Å². The molecule has 3 rings (SSSR count). The highest BCUT2D eigenvalue weighted by atomic mass is 16.6. The normalized spacial score (nSPS) is 17.4. The van der Waals surface area contributed by atoms with Gasteiger partial charge in [0, 0.05) is 12.5 Å². The predicted molar refractivity (Wildman–Crippen MR) is 102 cm³/mol. The van der Waals surface area contributed by atoms with Gasteiger partial charge >= 0.3 is 6.09 Å². The van der Waals surface area contributed by atoms with E-state index in [1.54, 1.807) is 0 Å². The van der Waals surface area contributed by atoms with Crippen LogP contribution in [-0.2, 0) is 16.0 Å². The highest BCUT2D eigenvalue weighted by Gasteiger charge is 2.38. The summed E-state index contributed by atoms with van der Waals surface area (Å²) >= 11 is 0. The number of likely N-dealkylation sites (tertiary alicyclic amines) is 1. The van der Waals surface area contributed by atoms with Crippen molar-refractivity contribution in [2.45, 2.75) is 51.7 Å². The number of carbonyl (C=O) groups excluding carboxylic acids is 2. The number of benzene rings is 2. The summed E-state index contributed by atoms with van der Waals surface area (Å²) in [6.45, 7) is 5.42. The minimum atomic E-state index is -0.609. The van der Waals surface area contributed by atoms with Gasteiger partial charge in [0.15, 0.2) is 0 Å². The van der Waals surface area contributed by atoms with E-state index in [1.165, 1.54) is 10.5 Å². The van der Waals surface area contributed by atoms with Crippen LogP contribution in [0.3, 0.4) is 0 Å². The van der Waals surface area contributed by atoms with Crippen molar-refractivity contribution in [1.29, 1.82) is 0 Å². The first kappa shape index (κ1) is 18.2. The minimum Gasteiger partial charge on any atom is -0.443 e. The molecule has 1 aliphatic heterocycles. The Hall–Kier alpha value is -2.62. The molecule has 0 N–H and O–H groups in total. The molecule has 0 radical (unpaired) electrons. The van der Waals surface area contributed by atoms with E-state index in [-0.39, 0.29) is 11.9 Å². The smallest absolute Gasteiger partial charge is 0.417 e. The van der Waals surface area contributed by atoms with E-state index in [0.717, 1.165) is 11.1 Å². The average molecular weight is 351 g/mol. The van der Waals surface area contributed by atoms with Gasteiger partial charge in [-0.2, -0.15) is 0 Å². The molecule has 26 heavy (non-hydrogen) atoms. The maximum atomic E-state index is 12.4. The number of imide groups is 1. The van der Waals surface area contributed by atoms with Crippen LogP contribution in [0.4, 0.5) is 4.79 Å². The van der Waals surface area contributed by atoms with Gasteiger partial charge in [0.05, 0.1) is 0 Å². The third-order valence-electron chi connectivity index (χ3n) is 4.45. The van der Waals surface area contributed by atoms with Gasteiger partial charge in [-0.05, 0) is 50.3 Å². The molecule has 2 amide bonds. The highest BCUT2D eigenvalue weighted by molar-refractivity contribution is 5.94. The standard InChI is InChI=1S/C22H25NO3/c1-22(2,3)26-21(25)23-19(13-14-20(23)24)15-16-9-11-18(12-10-16)17-7-5-4-6-8-17/h4-12,19H,13-15H2,1-3H3. The second kappa shape index (κ2) is 7.32. The van der Waals surface area contributed by atoms with Crippen LogP contribution in [0, 0.1) is 0 Å². The van der Waals surface area contributed by atoms with E-state index in [1.807, 2.05) is 39.0 Å². The summed E-state index contributed by atoms with van der Waals surface area (Å²) in [6, 6.07) is 18.4. The van der Waals surface area contributed by atoms with E-state index in [9.17, 15) is 9.59 Å². The molecular weight excluding hydrogens is 326 g/mol. The van der Waals surface area contributed by atoms with E-state index in [4.69, 9.17) is 4.74 Å². The summed E-state index contributed by atoms with van der Waals surface area (Å²) in [4.78, 5) is 25.9. The molecule has 0 saturated carbocycles. The van der Waals surface area contributed by atoms with Gasteiger partial charge in [-0.15, -0.1) is 0 Å². The predicted octanol–water partition coefficient (Wildman–Crippen LogP) is 4.82. The van der Waals surface area contributed by atoms with E-state index in [0.29, 0.717) is 19.3 Å². The maximum absolute atomic E-state index is 12.4. The van der Waals surface area contributed by atoms with Crippen molar-refractivity contribution >= 4 is 12.0 Å². The lowest BCUT2D eigenvalue weighted by Crippen LogP contribution is -2.43. The molecule has 1 saturated heterocycles. The quantitative estimate of drug-likeness (QED) is 0.796. The van der Waals surface area contributed by atoms with Crippen molar-refractivity contribution < 1.29 is 14.3 Å². The first-order chi connectivity index (χ1) is 12.3. The number of nitrogens with zero attached hydrogens (tertiary/aromatic N) is 1. The van der Waals surface area contributed by atoms with Crippen LogP contribution in [0.15, 0.2) is 54.6 Å². The molecule has 4 heteroatoms. The molecule has 136 valence electrons. The lowest BCUT2D eigenvalue weighted by atomic mass is 10.00. The first-order valence-electron chi connectivity index (χ1n) is 9.03. The molecule has 1 heterocycles. The summed E-state index contributed by atoms with van der Waals surface area (Å²) < 4.78 is 5.40. The van der Waals surface area contributed by atoms with Crippen LogP contribution in [0.5, 0.6) is 0 Å². The molecule has 4 nitrogen and oxygen atoms in total. The highest BCUT2D eigenvalue weighted by Crippen LogP contribution is 2.26. The van der Waals surface area contributed by atoms with Gasteiger partial charge < -0.3 is 4.74 Å². The summed E-state index contributed by atoms with van der Waals surface area (Å²) in [7, 11) is 0. The van der Waals surface area contributed by atoms with Crippen LogP contribution in [-0.4, -0.2) is 28.5 Å². The number of carbonyl (C=O) groups is 2. The summed E-state index contributed by atoms with van der Waals surface area (Å²) in [5.41, 5.74) is 2.83. The van der Waals surface area contributed by atoms with E-state index < -0.39 is 11.7 Å². The fraction of sp³-hybridized carbons (Fsp3) is 0.364. The average Bonchev–Trinajstić information content (AvgIpc) is 2.95. The van der Waals surface area contributed by atoms with Gasteiger partial charge in [0.2, 0.25) is 5.91 Å². The Kier molecular flexibility index (Phi) is 5.12. The Morgan fingerprint density at radius 1 is 1.04 bits per heavy atom. The Balaban J connectivity index is 1.71. The minimum absolute atomic E-state index is 0.139. The molecule has 0 aromatic heterocycles. The van der Waals surface area contributed by atoms with E-state index >= 15 is 0 Å². The van der Waals surface area contributed by atoms with Crippen molar-refractivity contribution in [3.05, 3.63) is 60.2 Å². The van der Waals surface area contributed by atoms with Crippen molar-refractivity contribution in [3.8, 4) is 11.1 Å². The number of hydrogen-bond acceptors (Lipinski definition) is 3. The molecular formula is C22H25NO3. The van der Waals surface area contributed by atoms with Crippen LogP contribution in [0.1, 0.15) is 39.2 Å². The zero-order chi connectivity index (χ0) is 18.7. The lowest BCUT2D eigenvalue weighted by Gasteiger charge is -2.27. The van der Waals surface area contributed by atoms with Crippen LogP contribution < -0.4 is 0 Å². The second-order valence-corrected chi connectivity index (χ2v) is 7.70. The van der Waals surface area contributed by atoms with Crippen LogP contribution >= 0.6 is 0 Å². The second-order valence-electron chi connectivity index (χ2n) is 7.70. The van der Waals surface area contributed by atoms with Gasteiger partial charge in [-0.25, -0.2) is 9.69 Å². The van der Waals surface area contributed by atoms with Crippen molar-refractivity contribution in [1.82, 2.24) is 4.90 Å². The summed E-state index contributed by atoms with van der Waals surface area (Å²) in [6.07, 6.45) is 1.19. The molecule has 1 unspecified atom stereocenters. The maximum Gasteiger partial charge on any atom is 0.417 e. The SMILES string of the molecule is CC(C)(C)OC(=O)N1C(=O)CCC1Cc1ccc(-c2ccccc2)cc1. The molecule has 2 aromatic carbocycles. The fourth-order valence-electron chi connectivity index (χ4n) is 3.23. The number of rotatable bonds is 3. The number of amides is 2. The third kappa shape index (κ3) is 4.31. The molecule has 0 bridgehead atoms. The zero-order valence-electron chi connectivity index (χ0n) is 15.6. The molecule has 0 aliphatic carbocycles. The molecule has 1 aliphatic rings. The fourth-order valence-corrected chi connectivity index (χ4v) is 3.23. The van der Waals surface area contributed by atoms with E-state index in [2.05, 4.69) is 36.4 Å². The Morgan fingerprint density at radius 2 is 1.65 bits per heavy atom. The summed E-state index contributed by atoms with van der Waals surface area (Å²) in [5.74, 6) is -0.148. The molecule has 1 atom stereocenters. The number of ether oxygens (including phenoxy) is 1. The Labute approximate surface area is 154 Å². The monoisotopic (exact) mass is 351 g/mol. The molecule has 1 fully saturated rings. The molecule has 2 aromatic rings. The summed E-state index contributed by atoms with van der Waals surface area (Å²) in [5, 5.41) is 0. The molecule has 0 spiro atoms. The zero-order valence-corrected chi connectivity index (χ0v) is 15.6. The van der Waals surface area contributed by atoms with Crippen LogP contribution in [0.2, 0.25) is 0 Å². The van der Waals surface area contributed by atoms with Gasteiger partial charge in [-0.1, -0.05) is 54.6 Å². The Morgan fingerprint density at radius 3 is 2.27 bits per heavy atom. The third-order valence-corrected chi connectivity index (χ3v) is 4.45. The van der Waals surface area contributed by atoms with Crippen molar-refractivity contribution in [2.24, 2.45) is 0 Å². The van der Waals surface area contributed by atoms with Gasteiger partial charge in [-0.3, -0.25) is 4.79 Å². The Bertz CT molecular complexity index is 775. The van der Waals surface area contributed by atoms with Crippen molar-refractivity contribution in [2.75, 3.05) is 0 Å². The first-order valence-corrected chi connectivity index (χ1v) is 9.03.